The molecule has 0 saturated carbocycles. The summed E-state index contributed by atoms with van der Waals surface area (Å²) in [5.74, 6) is -1.18. The van der Waals surface area contributed by atoms with Crippen LogP contribution in [0.4, 0.5) is 4.39 Å². The molecule has 3 rings (SSSR count). The highest BCUT2D eigenvalue weighted by molar-refractivity contribution is 6.30. The Morgan fingerprint density at radius 2 is 2.03 bits per heavy atom. The first-order valence-electron chi connectivity index (χ1n) is 9.92. The molecule has 162 valence electrons. The van der Waals surface area contributed by atoms with Crippen molar-refractivity contribution in [1.29, 1.82) is 0 Å². The number of unbranched alkanes of at least 4 members (excludes halogenated alkanes) is 1. The lowest BCUT2D eigenvalue weighted by molar-refractivity contribution is -0.137. The highest BCUT2D eigenvalue weighted by Gasteiger charge is 2.22. The van der Waals surface area contributed by atoms with Crippen LogP contribution in [0.25, 0.3) is 0 Å². The highest BCUT2D eigenvalue weighted by Crippen LogP contribution is 2.23. The van der Waals surface area contributed by atoms with E-state index in [1.807, 2.05) is 35.0 Å². The van der Waals surface area contributed by atoms with E-state index in [-0.39, 0.29) is 24.9 Å². The second-order valence-electron chi connectivity index (χ2n) is 7.03. The largest absolute Gasteiger partial charge is 0.481 e. The van der Waals surface area contributed by atoms with Crippen molar-refractivity contribution in [3.8, 4) is 0 Å². The number of carboxylic acids is 1. The number of hydrogen-bond donors (Lipinski definition) is 1. The molecular weight excluding hydrogens is 421 g/mol. The maximum Gasteiger partial charge on any atom is 0.303 e. The SMILES string of the molecule is O=C(O)CCCCO/N=C(/c1ccc(F)cc1)C(Cc1cccc(Cl)c1)n1ccnc1. The number of imidazole rings is 1. The van der Waals surface area contributed by atoms with Crippen molar-refractivity contribution in [2.75, 3.05) is 6.61 Å². The third kappa shape index (κ3) is 6.93. The average molecular weight is 444 g/mol. The van der Waals surface area contributed by atoms with Crippen molar-refractivity contribution < 1.29 is 19.1 Å². The molecule has 3 aromatic rings. The first-order valence-corrected chi connectivity index (χ1v) is 10.3. The van der Waals surface area contributed by atoms with Crippen LogP contribution in [0, 0.1) is 5.82 Å². The third-order valence-corrected chi connectivity index (χ3v) is 4.93. The molecule has 0 saturated heterocycles. The molecule has 0 aliphatic rings. The fraction of sp³-hybridized carbons (Fsp3) is 0.261. The van der Waals surface area contributed by atoms with Crippen molar-refractivity contribution >= 4 is 23.3 Å². The molecule has 0 spiro atoms. The zero-order valence-electron chi connectivity index (χ0n) is 16.8. The first-order chi connectivity index (χ1) is 15.0. The number of aromatic nitrogens is 2. The topological polar surface area (TPSA) is 76.7 Å². The maximum atomic E-state index is 13.5. The smallest absolute Gasteiger partial charge is 0.303 e. The van der Waals surface area contributed by atoms with Gasteiger partial charge in [0.2, 0.25) is 0 Å². The zero-order valence-corrected chi connectivity index (χ0v) is 17.6. The number of halogens is 2. The lowest BCUT2D eigenvalue weighted by Crippen LogP contribution is -2.23. The van der Waals surface area contributed by atoms with Gasteiger partial charge in [-0.15, -0.1) is 0 Å². The lowest BCUT2D eigenvalue weighted by atomic mass is 9.96. The van der Waals surface area contributed by atoms with E-state index in [1.54, 1.807) is 24.7 Å². The fourth-order valence-electron chi connectivity index (χ4n) is 3.17. The summed E-state index contributed by atoms with van der Waals surface area (Å²) < 4.78 is 15.4. The first kappa shape index (κ1) is 22.5. The fourth-order valence-corrected chi connectivity index (χ4v) is 3.38. The summed E-state index contributed by atoms with van der Waals surface area (Å²) in [6, 6.07) is 13.4. The van der Waals surface area contributed by atoms with E-state index in [9.17, 15) is 9.18 Å². The summed E-state index contributed by atoms with van der Waals surface area (Å²) in [5, 5.41) is 13.8. The summed E-state index contributed by atoms with van der Waals surface area (Å²) in [5.41, 5.74) is 2.33. The number of carbonyl (C=O) groups is 1. The maximum absolute atomic E-state index is 13.5. The molecule has 0 fully saturated rings. The molecule has 1 heterocycles. The molecule has 0 bridgehead atoms. The number of aliphatic carboxylic acids is 1. The predicted octanol–water partition coefficient (Wildman–Crippen LogP) is 5.14. The van der Waals surface area contributed by atoms with Gasteiger partial charge in [0.05, 0.1) is 12.4 Å². The minimum atomic E-state index is -0.836. The van der Waals surface area contributed by atoms with Gasteiger partial charge in [-0.3, -0.25) is 4.79 Å². The molecular formula is C23H23ClFN3O3. The Morgan fingerprint density at radius 3 is 2.71 bits per heavy atom. The Labute approximate surface area is 184 Å². The number of carboxylic acid groups (broad SMARTS) is 1. The van der Waals surface area contributed by atoms with Crippen LogP contribution in [-0.2, 0) is 16.1 Å². The minimum Gasteiger partial charge on any atom is -0.481 e. The normalized spacial score (nSPS) is 12.5. The van der Waals surface area contributed by atoms with E-state index in [1.165, 1.54) is 12.1 Å². The number of hydrogen-bond acceptors (Lipinski definition) is 4. The lowest BCUT2D eigenvalue weighted by Gasteiger charge is -2.21. The van der Waals surface area contributed by atoms with Gasteiger partial charge in [-0.1, -0.05) is 41.0 Å². The summed E-state index contributed by atoms with van der Waals surface area (Å²) in [6.45, 7) is 0.284. The van der Waals surface area contributed by atoms with Crippen LogP contribution in [0.15, 0.2) is 72.4 Å². The molecule has 8 heteroatoms. The number of nitrogens with zero attached hydrogens (tertiary/aromatic N) is 3. The van der Waals surface area contributed by atoms with Crippen LogP contribution in [0.3, 0.4) is 0 Å². The standard InChI is InChI=1S/C23H23ClFN3O3/c24-19-5-3-4-17(14-19)15-21(28-12-11-26-16-28)23(18-7-9-20(25)10-8-18)27-31-13-2-1-6-22(29)30/h3-5,7-12,14,16,21H,1-2,6,13,15H2,(H,29,30)/b27-23-. The second-order valence-corrected chi connectivity index (χ2v) is 7.46. The van der Waals surface area contributed by atoms with Crippen molar-refractivity contribution in [3.63, 3.8) is 0 Å². The van der Waals surface area contributed by atoms with Crippen LogP contribution in [0.5, 0.6) is 0 Å². The molecule has 2 aromatic carbocycles. The van der Waals surface area contributed by atoms with Crippen LogP contribution >= 0.6 is 11.6 Å². The minimum absolute atomic E-state index is 0.0876. The molecule has 0 aliphatic carbocycles. The van der Waals surface area contributed by atoms with Crippen molar-refractivity contribution in [3.05, 3.63) is 89.2 Å². The van der Waals surface area contributed by atoms with Gasteiger partial charge in [0.1, 0.15) is 18.1 Å². The van der Waals surface area contributed by atoms with E-state index in [0.29, 0.717) is 35.6 Å². The Hall–Kier alpha value is -3.19. The van der Waals surface area contributed by atoms with Gasteiger partial charge in [0.25, 0.3) is 0 Å². The van der Waals surface area contributed by atoms with Crippen molar-refractivity contribution in [2.24, 2.45) is 5.16 Å². The van der Waals surface area contributed by atoms with Crippen molar-refractivity contribution in [1.82, 2.24) is 9.55 Å². The molecule has 1 N–H and O–H groups in total. The summed E-state index contributed by atoms with van der Waals surface area (Å²) in [4.78, 5) is 20.4. The molecule has 0 amide bonds. The van der Waals surface area contributed by atoms with Gasteiger partial charge >= 0.3 is 5.97 Å². The van der Waals surface area contributed by atoms with E-state index in [4.69, 9.17) is 21.5 Å². The van der Waals surface area contributed by atoms with Crippen LogP contribution in [0.2, 0.25) is 5.02 Å². The Balaban J connectivity index is 1.88. The Morgan fingerprint density at radius 1 is 1.23 bits per heavy atom. The molecule has 1 aromatic heterocycles. The zero-order chi connectivity index (χ0) is 22.1. The monoisotopic (exact) mass is 443 g/mol. The number of rotatable bonds is 11. The van der Waals surface area contributed by atoms with E-state index < -0.39 is 5.97 Å². The predicted molar refractivity (Wildman–Crippen MR) is 117 cm³/mol. The van der Waals surface area contributed by atoms with Gasteiger partial charge in [0, 0.05) is 29.4 Å². The quantitative estimate of drug-likeness (QED) is 0.253. The van der Waals surface area contributed by atoms with Crippen molar-refractivity contribution in [2.45, 2.75) is 31.7 Å². The molecule has 0 radical (unpaired) electrons. The molecule has 6 nitrogen and oxygen atoms in total. The third-order valence-electron chi connectivity index (χ3n) is 4.70. The number of oxime groups is 1. The molecule has 0 aliphatic heterocycles. The molecule has 1 atom stereocenters. The highest BCUT2D eigenvalue weighted by atomic mass is 35.5. The van der Waals surface area contributed by atoms with Crippen LogP contribution in [0.1, 0.15) is 36.4 Å². The Kier molecular flexibility index (Phi) is 8.18. The van der Waals surface area contributed by atoms with Crippen LogP contribution < -0.4 is 0 Å². The molecule has 1 unspecified atom stereocenters. The molecule has 31 heavy (non-hydrogen) atoms. The van der Waals surface area contributed by atoms with E-state index in [0.717, 1.165) is 5.56 Å². The van der Waals surface area contributed by atoms with Gasteiger partial charge in [-0.05, 0) is 49.1 Å². The summed E-state index contributed by atoms with van der Waals surface area (Å²) in [6.07, 6.45) is 6.93. The summed E-state index contributed by atoms with van der Waals surface area (Å²) >= 11 is 6.16. The average Bonchev–Trinajstić information content (AvgIpc) is 3.27. The second kappa shape index (κ2) is 11.3. The van der Waals surface area contributed by atoms with Gasteiger partial charge < -0.3 is 14.5 Å². The Bertz CT molecular complexity index is 1010. The van der Waals surface area contributed by atoms with Gasteiger partial charge in [-0.25, -0.2) is 9.37 Å². The number of benzene rings is 2. The van der Waals surface area contributed by atoms with Crippen LogP contribution in [-0.4, -0.2) is 32.9 Å². The van der Waals surface area contributed by atoms with Gasteiger partial charge in [-0.2, -0.15) is 0 Å². The van der Waals surface area contributed by atoms with E-state index >= 15 is 0 Å². The summed E-state index contributed by atoms with van der Waals surface area (Å²) in [7, 11) is 0. The van der Waals surface area contributed by atoms with Gasteiger partial charge in [0.15, 0.2) is 0 Å². The van der Waals surface area contributed by atoms with E-state index in [2.05, 4.69) is 10.1 Å².